The van der Waals surface area contributed by atoms with Crippen molar-refractivity contribution in [3.05, 3.63) is 82.1 Å². The number of carbonyl (C=O) groups is 1. The number of aromatic nitrogens is 2. The topological polar surface area (TPSA) is 93.1 Å². The molecule has 2 aromatic carbocycles. The molecule has 9 heteroatoms. The van der Waals surface area contributed by atoms with Crippen LogP contribution >= 0.6 is 15.9 Å². The number of rotatable bonds is 8. The lowest BCUT2D eigenvalue weighted by molar-refractivity contribution is 0.0950. The molecule has 3 aromatic rings. The van der Waals surface area contributed by atoms with Crippen LogP contribution in [0.15, 0.2) is 70.3 Å². The summed E-state index contributed by atoms with van der Waals surface area (Å²) in [6.07, 6.45) is 5.30. The van der Waals surface area contributed by atoms with Crippen molar-refractivity contribution < 1.29 is 13.2 Å². The monoisotopic (exact) mass is 488 g/mol. The summed E-state index contributed by atoms with van der Waals surface area (Å²) in [7, 11) is -3.63. The highest BCUT2D eigenvalue weighted by Crippen LogP contribution is 2.25. The number of benzene rings is 2. The molecule has 1 fully saturated rings. The van der Waals surface area contributed by atoms with Gasteiger partial charge in [0.25, 0.3) is 5.91 Å². The van der Waals surface area contributed by atoms with E-state index in [1.807, 2.05) is 41.2 Å². The summed E-state index contributed by atoms with van der Waals surface area (Å²) in [5.41, 5.74) is 2.29. The van der Waals surface area contributed by atoms with E-state index < -0.39 is 10.0 Å². The van der Waals surface area contributed by atoms with Crippen LogP contribution in [0, 0.1) is 0 Å². The van der Waals surface area contributed by atoms with Crippen LogP contribution in [-0.4, -0.2) is 30.1 Å². The minimum Gasteiger partial charge on any atom is -0.348 e. The van der Waals surface area contributed by atoms with E-state index in [0.717, 1.165) is 24.0 Å². The third-order valence-electron chi connectivity index (χ3n) is 4.84. The molecule has 7 nitrogen and oxygen atoms in total. The van der Waals surface area contributed by atoms with E-state index in [-0.39, 0.29) is 22.4 Å². The second-order valence-corrected chi connectivity index (χ2v) is 9.76. The normalized spacial score (nSPS) is 13.9. The largest absolute Gasteiger partial charge is 0.348 e. The third-order valence-corrected chi connectivity index (χ3v) is 7.05. The summed E-state index contributed by atoms with van der Waals surface area (Å²) in [6.45, 7) is 0.920. The summed E-state index contributed by atoms with van der Waals surface area (Å²) in [5, 5.41) is 7.12. The second-order valence-electron chi connectivity index (χ2n) is 7.19. The van der Waals surface area contributed by atoms with Crippen molar-refractivity contribution in [3.63, 3.8) is 0 Å². The number of halogens is 1. The van der Waals surface area contributed by atoms with Crippen LogP contribution in [0.1, 0.15) is 34.3 Å². The fourth-order valence-corrected chi connectivity index (χ4v) is 4.82. The van der Waals surface area contributed by atoms with Crippen LogP contribution in [0.3, 0.4) is 0 Å². The van der Waals surface area contributed by atoms with Crippen LogP contribution in [0.5, 0.6) is 0 Å². The average Bonchev–Trinajstić information content (AvgIpc) is 3.37. The molecule has 0 bridgehead atoms. The Balaban J connectivity index is 1.49. The summed E-state index contributed by atoms with van der Waals surface area (Å²) in [5.74, 6) is -0.348. The van der Waals surface area contributed by atoms with E-state index in [2.05, 4.69) is 31.1 Å². The highest BCUT2D eigenvalue weighted by molar-refractivity contribution is 9.10. The number of nitrogens with zero attached hydrogens (tertiary/aromatic N) is 2. The first-order valence-corrected chi connectivity index (χ1v) is 11.8. The minimum absolute atomic E-state index is 0.00205. The lowest BCUT2D eigenvalue weighted by Gasteiger charge is -2.13. The molecular formula is C21H21BrN4O3S. The molecule has 1 amide bonds. The van der Waals surface area contributed by atoms with E-state index in [1.54, 1.807) is 12.3 Å². The first kappa shape index (κ1) is 20.8. The Hall–Kier alpha value is -2.49. The van der Waals surface area contributed by atoms with Gasteiger partial charge in [-0.15, -0.1) is 0 Å². The Morgan fingerprint density at radius 3 is 2.60 bits per heavy atom. The van der Waals surface area contributed by atoms with Gasteiger partial charge in [-0.05, 0) is 64.2 Å². The zero-order chi connectivity index (χ0) is 21.1. The third kappa shape index (κ3) is 4.97. The molecule has 0 atom stereocenters. The summed E-state index contributed by atoms with van der Waals surface area (Å²) < 4.78 is 29.9. The Morgan fingerprint density at radius 2 is 1.90 bits per heavy atom. The van der Waals surface area contributed by atoms with Gasteiger partial charge in [-0.3, -0.25) is 9.48 Å². The van der Waals surface area contributed by atoms with Crippen LogP contribution in [0.25, 0.3) is 0 Å². The molecule has 0 saturated heterocycles. The molecule has 1 aromatic heterocycles. The zero-order valence-corrected chi connectivity index (χ0v) is 18.5. The van der Waals surface area contributed by atoms with Crippen molar-refractivity contribution in [2.45, 2.75) is 36.9 Å². The molecule has 1 heterocycles. The Labute approximate surface area is 183 Å². The standard InChI is InChI=1S/C21H21BrN4O3S/c22-20-9-8-18(30(28,29)25-17-6-7-17)12-19(20)21(27)23-13-15-4-1-2-5-16(15)14-26-11-3-10-24-26/h1-5,8-12,17,25H,6-7,13-14H2,(H,23,27). The van der Waals surface area contributed by atoms with Crippen molar-refractivity contribution in [1.29, 1.82) is 0 Å². The van der Waals surface area contributed by atoms with E-state index in [1.165, 1.54) is 12.1 Å². The molecule has 0 unspecified atom stereocenters. The SMILES string of the molecule is O=C(NCc1ccccc1Cn1cccn1)c1cc(S(=O)(=O)NC2CC2)ccc1Br. The van der Waals surface area contributed by atoms with Gasteiger partial charge in [0.15, 0.2) is 0 Å². The summed E-state index contributed by atoms with van der Waals surface area (Å²) in [6, 6.07) is 14.2. The van der Waals surface area contributed by atoms with E-state index in [0.29, 0.717) is 17.6 Å². The van der Waals surface area contributed by atoms with Crippen molar-refractivity contribution in [3.8, 4) is 0 Å². The Kier molecular flexibility index (Phi) is 6.03. The van der Waals surface area contributed by atoms with Crippen LogP contribution in [0.4, 0.5) is 0 Å². The number of hydrogen-bond acceptors (Lipinski definition) is 4. The maximum Gasteiger partial charge on any atom is 0.252 e. The molecule has 4 rings (SSSR count). The van der Waals surface area contributed by atoms with Gasteiger partial charge >= 0.3 is 0 Å². The van der Waals surface area contributed by atoms with Crippen molar-refractivity contribution in [2.75, 3.05) is 0 Å². The number of amides is 1. The van der Waals surface area contributed by atoms with Crippen molar-refractivity contribution in [2.24, 2.45) is 0 Å². The molecule has 1 saturated carbocycles. The molecule has 1 aliphatic rings. The van der Waals surface area contributed by atoms with Crippen LogP contribution < -0.4 is 10.0 Å². The van der Waals surface area contributed by atoms with Gasteiger partial charge in [0, 0.05) is 29.5 Å². The van der Waals surface area contributed by atoms with Gasteiger partial charge in [0.05, 0.1) is 17.0 Å². The van der Waals surface area contributed by atoms with Gasteiger partial charge in [0.1, 0.15) is 0 Å². The van der Waals surface area contributed by atoms with E-state index in [9.17, 15) is 13.2 Å². The average molecular weight is 489 g/mol. The zero-order valence-electron chi connectivity index (χ0n) is 16.1. The van der Waals surface area contributed by atoms with E-state index in [4.69, 9.17) is 0 Å². The first-order valence-electron chi connectivity index (χ1n) is 9.57. The predicted molar refractivity (Wildman–Crippen MR) is 116 cm³/mol. The number of nitrogens with one attached hydrogen (secondary N) is 2. The summed E-state index contributed by atoms with van der Waals surface area (Å²) in [4.78, 5) is 12.9. The Bertz CT molecular complexity index is 1160. The molecule has 1 aliphatic carbocycles. The highest BCUT2D eigenvalue weighted by Gasteiger charge is 2.28. The predicted octanol–water partition coefficient (Wildman–Crippen LogP) is 3.06. The number of sulfonamides is 1. The Morgan fingerprint density at radius 1 is 1.13 bits per heavy atom. The van der Waals surface area contributed by atoms with E-state index >= 15 is 0 Å². The maximum absolute atomic E-state index is 12.8. The number of carbonyl (C=O) groups excluding carboxylic acids is 1. The van der Waals surface area contributed by atoms with Gasteiger partial charge < -0.3 is 5.32 Å². The second kappa shape index (κ2) is 8.71. The van der Waals surface area contributed by atoms with Crippen molar-refractivity contribution >= 4 is 31.9 Å². The number of hydrogen-bond donors (Lipinski definition) is 2. The fraction of sp³-hybridized carbons (Fsp3) is 0.238. The molecule has 30 heavy (non-hydrogen) atoms. The molecule has 0 radical (unpaired) electrons. The van der Waals surface area contributed by atoms with Gasteiger partial charge in [-0.2, -0.15) is 5.10 Å². The maximum atomic E-state index is 12.8. The highest BCUT2D eigenvalue weighted by atomic mass is 79.9. The lowest BCUT2D eigenvalue weighted by Crippen LogP contribution is -2.27. The fourth-order valence-electron chi connectivity index (χ4n) is 3.06. The molecule has 156 valence electrons. The van der Waals surface area contributed by atoms with Gasteiger partial charge in [0.2, 0.25) is 10.0 Å². The minimum atomic E-state index is -3.63. The quantitative estimate of drug-likeness (QED) is 0.509. The molecular weight excluding hydrogens is 468 g/mol. The summed E-state index contributed by atoms with van der Waals surface area (Å²) >= 11 is 3.35. The molecule has 2 N–H and O–H groups in total. The first-order chi connectivity index (χ1) is 14.4. The van der Waals surface area contributed by atoms with Crippen LogP contribution in [-0.2, 0) is 23.1 Å². The van der Waals surface area contributed by atoms with Crippen LogP contribution in [0.2, 0.25) is 0 Å². The smallest absolute Gasteiger partial charge is 0.252 e. The molecule has 0 aliphatic heterocycles. The lowest BCUT2D eigenvalue weighted by atomic mass is 10.1. The van der Waals surface area contributed by atoms with Crippen molar-refractivity contribution in [1.82, 2.24) is 19.8 Å². The van der Waals surface area contributed by atoms with Gasteiger partial charge in [-0.1, -0.05) is 24.3 Å². The van der Waals surface area contributed by atoms with Gasteiger partial charge in [-0.25, -0.2) is 13.1 Å². The molecule has 0 spiro atoms.